The van der Waals surface area contributed by atoms with Gasteiger partial charge in [-0.05, 0) is 47.9 Å². The largest absolute Gasteiger partial charge is 4.00 e. The van der Waals surface area contributed by atoms with E-state index in [4.69, 9.17) is 0 Å². The molecule has 0 aliphatic heterocycles. The molecule has 0 amide bonds. The van der Waals surface area contributed by atoms with Crippen LogP contribution in [0.5, 0.6) is 0 Å². The first-order valence-electron chi connectivity index (χ1n) is 15.0. The van der Waals surface area contributed by atoms with Crippen LogP contribution < -0.4 is 47.3 Å². The van der Waals surface area contributed by atoms with E-state index in [1.165, 1.54) is 72.1 Å². The first-order chi connectivity index (χ1) is 19.0. The fourth-order valence-electron chi connectivity index (χ4n) is 5.96. The van der Waals surface area contributed by atoms with Gasteiger partial charge in [-0.3, -0.25) is 0 Å². The molecule has 1 unspecified atom stereocenters. The van der Waals surface area contributed by atoms with Crippen LogP contribution in [0.3, 0.4) is 0 Å². The SMILES string of the molecule is Cc1cc(C)cc([Si]C(c2cccc(N(C)C)c2)[c-]2c(C)c(C)c(C)c2-c2cc(C(C)(C)C)cc(C(C)(C)C)c2)c1.[Cl-].[Cl-].[Cl-].[Ti+4]. The molecule has 1 nitrogen and oxygen atoms in total. The molecule has 45 heavy (non-hydrogen) atoms. The summed E-state index contributed by atoms with van der Waals surface area (Å²) in [6.07, 6.45) is 0. The molecule has 0 saturated carbocycles. The summed E-state index contributed by atoms with van der Waals surface area (Å²) in [5.41, 5.74) is 17.1. The van der Waals surface area contributed by atoms with Gasteiger partial charge in [0.15, 0.2) is 0 Å². The first kappa shape index (κ1) is 43.6. The Hall–Kier alpha value is -1.39. The molecule has 0 fully saturated rings. The minimum Gasteiger partial charge on any atom is -1.00 e. The van der Waals surface area contributed by atoms with Crippen LogP contribution in [0.2, 0.25) is 0 Å². The Kier molecular flexibility index (Phi) is 16.1. The van der Waals surface area contributed by atoms with Crippen molar-refractivity contribution in [2.24, 2.45) is 0 Å². The zero-order chi connectivity index (χ0) is 30.4. The summed E-state index contributed by atoms with van der Waals surface area (Å²) in [6.45, 7) is 25.5. The third kappa shape index (κ3) is 9.82. The van der Waals surface area contributed by atoms with Crippen molar-refractivity contribution >= 4 is 20.4 Å². The molecule has 1 atom stereocenters. The van der Waals surface area contributed by atoms with Gasteiger partial charge in [0.05, 0.1) is 9.52 Å². The number of aryl methyl sites for hydroxylation is 2. The van der Waals surface area contributed by atoms with Crippen molar-refractivity contribution in [3.63, 3.8) is 0 Å². The Morgan fingerprint density at radius 3 is 1.64 bits per heavy atom. The summed E-state index contributed by atoms with van der Waals surface area (Å²) >= 11 is 0. The molecule has 4 aromatic rings. The molecule has 0 saturated heterocycles. The van der Waals surface area contributed by atoms with E-state index in [1.807, 2.05) is 0 Å². The van der Waals surface area contributed by atoms with Crippen molar-refractivity contribution < 1.29 is 58.9 Å². The molecule has 0 aliphatic carbocycles. The van der Waals surface area contributed by atoms with Crippen LogP contribution in [0.4, 0.5) is 5.69 Å². The Bertz CT molecular complexity index is 1520. The van der Waals surface area contributed by atoms with Crippen LogP contribution in [-0.4, -0.2) is 23.6 Å². The molecular weight excluding hydrogens is 665 g/mol. The van der Waals surface area contributed by atoms with Gasteiger partial charge in [0.25, 0.3) is 0 Å². The zero-order valence-electron chi connectivity index (χ0n) is 29.4. The van der Waals surface area contributed by atoms with E-state index in [0.717, 1.165) is 0 Å². The third-order valence-corrected chi connectivity index (χ3v) is 10.2. The maximum Gasteiger partial charge on any atom is 4.00 e. The number of nitrogens with zero attached hydrogens (tertiary/aromatic N) is 1. The molecule has 0 bridgehead atoms. The molecule has 0 spiro atoms. The van der Waals surface area contributed by atoms with Gasteiger partial charge in [-0.1, -0.05) is 144 Å². The summed E-state index contributed by atoms with van der Waals surface area (Å²) in [5, 5.41) is 1.43. The summed E-state index contributed by atoms with van der Waals surface area (Å²) in [5.74, 6) is 0. The summed E-state index contributed by atoms with van der Waals surface area (Å²) in [4.78, 5) is 2.22. The molecule has 0 aromatic heterocycles. The van der Waals surface area contributed by atoms with Crippen LogP contribution in [0.1, 0.15) is 97.2 Å². The Labute approximate surface area is 310 Å². The van der Waals surface area contributed by atoms with Crippen molar-refractivity contribution in [3.05, 3.63) is 111 Å². The summed E-state index contributed by atoms with van der Waals surface area (Å²) in [6, 6.07) is 23.7. The Morgan fingerprint density at radius 1 is 0.667 bits per heavy atom. The number of hydrogen-bond acceptors (Lipinski definition) is 1. The summed E-state index contributed by atoms with van der Waals surface area (Å²) < 4.78 is 0. The minimum atomic E-state index is 0. The van der Waals surface area contributed by atoms with Crippen molar-refractivity contribution in [3.8, 4) is 11.1 Å². The fraction of sp³-hybridized carbons (Fsp3) is 0.410. The van der Waals surface area contributed by atoms with Gasteiger partial charge >= 0.3 is 21.7 Å². The van der Waals surface area contributed by atoms with Crippen molar-refractivity contribution in [2.45, 2.75) is 92.5 Å². The Balaban J connectivity index is 0.00000484. The molecule has 6 heteroatoms. The van der Waals surface area contributed by atoms with E-state index >= 15 is 0 Å². The standard InChI is InChI=1S/C39H50NSi.3ClH.Ti/c1-24-17-25(2)19-34(18-24)41-37(29-15-14-16-33(22-29)40(12)13)36-28(5)26(3)27(4)35(36)30-20-31(38(6,7)8)23-32(21-30)39(9,10)11;;;;/h14-23,37H,1-13H3;3*1H;/q-1;;;;+4/p-3. The zero-order valence-corrected chi connectivity index (χ0v) is 34.3. The number of rotatable bonds is 6. The predicted molar refractivity (Wildman–Crippen MR) is 183 cm³/mol. The molecule has 240 valence electrons. The van der Waals surface area contributed by atoms with E-state index in [1.54, 1.807) is 0 Å². The monoisotopic (exact) mass is 713 g/mol. The maximum absolute atomic E-state index is 2.48. The predicted octanol–water partition coefficient (Wildman–Crippen LogP) is 0.404. The van der Waals surface area contributed by atoms with E-state index in [-0.39, 0.29) is 75.3 Å². The average molecular weight is 715 g/mol. The van der Waals surface area contributed by atoms with Crippen molar-refractivity contribution in [1.29, 1.82) is 0 Å². The topological polar surface area (TPSA) is 3.24 Å². The number of hydrogen-bond donors (Lipinski definition) is 0. The number of benzene rings is 3. The fourth-order valence-corrected chi connectivity index (χ4v) is 7.77. The normalized spacial score (nSPS) is 11.8. The summed E-state index contributed by atoms with van der Waals surface area (Å²) in [7, 11) is 4.91. The van der Waals surface area contributed by atoms with E-state index in [9.17, 15) is 0 Å². The maximum atomic E-state index is 2.48. The van der Waals surface area contributed by atoms with Crippen LogP contribution in [-0.2, 0) is 32.5 Å². The van der Waals surface area contributed by atoms with E-state index in [2.05, 4.69) is 156 Å². The Morgan fingerprint density at radius 2 is 1.18 bits per heavy atom. The van der Waals surface area contributed by atoms with Gasteiger partial charge in [0.1, 0.15) is 0 Å². The second kappa shape index (κ2) is 16.6. The van der Waals surface area contributed by atoms with E-state index in [0.29, 0.717) is 9.52 Å². The second-order valence-corrected chi connectivity index (χ2v) is 15.8. The second-order valence-electron chi connectivity index (χ2n) is 14.4. The van der Waals surface area contributed by atoms with Crippen LogP contribution in [0.15, 0.2) is 60.7 Å². The van der Waals surface area contributed by atoms with Crippen molar-refractivity contribution in [2.75, 3.05) is 19.0 Å². The molecule has 4 aromatic carbocycles. The molecule has 4 rings (SSSR count). The minimum absolute atomic E-state index is 0. The molecule has 0 aliphatic rings. The molecule has 0 N–H and O–H groups in total. The van der Waals surface area contributed by atoms with Gasteiger partial charge in [-0.15, -0.1) is 16.7 Å². The van der Waals surface area contributed by atoms with Gasteiger partial charge in [0, 0.05) is 19.8 Å². The van der Waals surface area contributed by atoms with Crippen LogP contribution >= 0.6 is 0 Å². The van der Waals surface area contributed by atoms with Crippen LogP contribution in [0, 0.1) is 34.6 Å². The van der Waals surface area contributed by atoms with Gasteiger partial charge in [-0.2, -0.15) is 11.1 Å². The molecule has 2 radical (unpaired) electrons. The smallest absolute Gasteiger partial charge is 1.00 e. The van der Waals surface area contributed by atoms with Gasteiger partial charge in [0.2, 0.25) is 0 Å². The average Bonchev–Trinajstić information content (AvgIpc) is 3.09. The van der Waals surface area contributed by atoms with E-state index < -0.39 is 0 Å². The van der Waals surface area contributed by atoms with Gasteiger partial charge < -0.3 is 42.1 Å². The van der Waals surface area contributed by atoms with Crippen molar-refractivity contribution in [1.82, 2.24) is 0 Å². The number of halogens is 3. The molecule has 0 heterocycles. The van der Waals surface area contributed by atoms with Gasteiger partial charge in [-0.25, -0.2) is 0 Å². The molecular formula is C39H50Cl3NSiTi. The van der Waals surface area contributed by atoms with Crippen LogP contribution in [0.25, 0.3) is 11.1 Å². The quantitative estimate of drug-likeness (QED) is 0.207. The third-order valence-electron chi connectivity index (χ3n) is 8.67. The first-order valence-corrected chi connectivity index (χ1v) is 16.1. The number of anilines is 1.